The van der Waals surface area contributed by atoms with Gasteiger partial charge in [0.25, 0.3) is 0 Å². The molecular weight excluding hydrogens is 436 g/mol. The van der Waals surface area contributed by atoms with E-state index in [1.165, 1.54) is 38.5 Å². The molecule has 0 bridgehead atoms. The number of nitrogens with zero attached hydrogens (tertiary/aromatic N) is 2. The van der Waals surface area contributed by atoms with Crippen molar-refractivity contribution in [3.05, 3.63) is 56.4 Å². The van der Waals surface area contributed by atoms with Crippen molar-refractivity contribution in [2.75, 3.05) is 0 Å². The van der Waals surface area contributed by atoms with E-state index in [4.69, 9.17) is 4.74 Å². The first-order chi connectivity index (χ1) is 16.9. The highest BCUT2D eigenvalue weighted by Gasteiger charge is 2.16. The smallest absolute Gasteiger partial charge is 0.224 e. The Hall–Kier alpha value is -2.30. The van der Waals surface area contributed by atoms with E-state index in [1.807, 2.05) is 12.4 Å². The fraction of sp³-hybridized carbons (Fsp3) is 0.667. The number of unbranched alkanes of at least 4 members (excludes halogenated alkanes) is 2. The summed E-state index contributed by atoms with van der Waals surface area (Å²) in [5.41, 5.74) is 1.69. The summed E-state index contributed by atoms with van der Waals surface area (Å²) in [6.45, 7) is 14.8. The maximum Gasteiger partial charge on any atom is 0.224 e. The minimum Gasteiger partial charge on any atom is -0.446 e. The number of pyridine rings is 2. The molecule has 5 heteroatoms. The molecule has 0 saturated carbocycles. The minimum absolute atomic E-state index is 0.167. The van der Waals surface area contributed by atoms with Crippen molar-refractivity contribution in [1.82, 2.24) is 9.13 Å². The summed E-state index contributed by atoms with van der Waals surface area (Å²) in [5, 5.41) is 0. The molecular formula is C30H48N2O3. The second-order valence-corrected chi connectivity index (χ2v) is 9.93. The zero-order valence-electron chi connectivity index (χ0n) is 23.1. The van der Waals surface area contributed by atoms with Gasteiger partial charge in [0.1, 0.15) is 0 Å². The van der Waals surface area contributed by atoms with Gasteiger partial charge >= 0.3 is 0 Å². The van der Waals surface area contributed by atoms with E-state index in [2.05, 4.69) is 50.7 Å². The van der Waals surface area contributed by atoms with Crippen LogP contribution >= 0.6 is 0 Å². The Morgan fingerprint density at radius 1 is 0.686 bits per heavy atom. The number of hydrogen-bond donors (Lipinski definition) is 0. The molecule has 196 valence electrons. The van der Waals surface area contributed by atoms with Crippen LogP contribution in [0.3, 0.4) is 0 Å². The Morgan fingerprint density at radius 2 is 1.09 bits per heavy atom. The van der Waals surface area contributed by atoms with Crippen molar-refractivity contribution in [3.8, 4) is 11.5 Å². The maximum atomic E-state index is 12.9. The first kappa shape index (κ1) is 28.9. The molecule has 0 aliphatic carbocycles. The first-order valence-electron chi connectivity index (χ1n) is 14.0. The van der Waals surface area contributed by atoms with Gasteiger partial charge in [-0.05, 0) is 37.5 Å². The summed E-state index contributed by atoms with van der Waals surface area (Å²) in [6.07, 6.45) is 14.6. The molecule has 0 fully saturated rings. The monoisotopic (exact) mass is 484 g/mol. The molecule has 0 aliphatic heterocycles. The largest absolute Gasteiger partial charge is 0.446 e. The molecule has 0 radical (unpaired) electrons. The van der Waals surface area contributed by atoms with Crippen LogP contribution in [0.2, 0.25) is 0 Å². The van der Waals surface area contributed by atoms with Crippen molar-refractivity contribution in [1.29, 1.82) is 0 Å². The Bertz CT molecular complexity index is 940. The SMILES string of the molecule is CCCCC(CC)Cn1cc(Oc2cn(CC(CC)CCCC)c(CC)cc2=O)c(=O)cc1CC. The van der Waals surface area contributed by atoms with Gasteiger partial charge in [-0.25, -0.2) is 0 Å². The zero-order valence-corrected chi connectivity index (χ0v) is 23.1. The van der Waals surface area contributed by atoms with Crippen LogP contribution in [0.1, 0.15) is 104 Å². The van der Waals surface area contributed by atoms with Crippen LogP contribution in [0.25, 0.3) is 0 Å². The molecule has 0 saturated heterocycles. The third-order valence-electron chi connectivity index (χ3n) is 7.31. The topological polar surface area (TPSA) is 53.2 Å². The van der Waals surface area contributed by atoms with Crippen molar-refractivity contribution >= 4 is 0 Å². The third-order valence-corrected chi connectivity index (χ3v) is 7.31. The maximum absolute atomic E-state index is 12.9. The van der Waals surface area contributed by atoms with Crippen LogP contribution in [-0.2, 0) is 25.9 Å². The van der Waals surface area contributed by atoms with Gasteiger partial charge in [-0.1, -0.05) is 80.1 Å². The van der Waals surface area contributed by atoms with Gasteiger partial charge in [0.05, 0.1) is 12.4 Å². The molecule has 0 N–H and O–H groups in total. The number of ether oxygens (including phenoxy) is 1. The van der Waals surface area contributed by atoms with Crippen LogP contribution in [-0.4, -0.2) is 9.13 Å². The average molecular weight is 485 g/mol. The Morgan fingerprint density at radius 3 is 1.40 bits per heavy atom. The molecule has 2 atom stereocenters. The summed E-state index contributed by atoms with van der Waals surface area (Å²) in [4.78, 5) is 25.8. The number of hydrogen-bond acceptors (Lipinski definition) is 3. The molecule has 0 aliphatic rings. The van der Waals surface area contributed by atoms with Crippen molar-refractivity contribution in [2.45, 2.75) is 119 Å². The van der Waals surface area contributed by atoms with E-state index in [1.54, 1.807) is 12.1 Å². The van der Waals surface area contributed by atoms with Crippen LogP contribution in [0, 0.1) is 11.8 Å². The highest BCUT2D eigenvalue weighted by molar-refractivity contribution is 5.30. The van der Waals surface area contributed by atoms with Crippen molar-refractivity contribution < 1.29 is 4.74 Å². The average Bonchev–Trinajstić information content (AvgIpc) is 2.87. The Balaban J connectivity index is 2.38. The van der Waals surface area contributed by atoms with Gasteiger partial charge in [-0.15, -0.1) is 0 Å². The highest BCUT2D eigenvalue weighted by Crippen LogP contribution is 2.22. The molecule has 2 rings (SSSR count). The van der Waals surface area contributed by atoms with Crippen molar-refractivity contribution in [3.63, 3.8) is 0 Å². The van der Waals surface area contributed by atoms with E-state index < -0.39 is 0 Å². The molecule has 2 aromatic heterocycles. The molecule has 0 spiro atoms. The summed E-state index contributed by atoms with van der Waals surface area (Å²) < 4.78 is 10.4. The summed E-state index contributed by atoms with van der Waals surface area (Å²) in [6, 6.07) is 3.36. The Kier molecular flexibility index (Phi) is 12.4. The summed E-state index contributed by atoms with van der Waals surface area (Å²) in [5.74, 6) is 1.59. The lowest BCUT2D eigenvalue weighted by Crippen LogP contribution is -2.20. The lowest BCUT2D eigenvalue weighted by atomic mass is 9.99. The van der Waals surface area contributed by atoms with E-state index >= 15 is 0 Å². The van der Waals surface area contributed by atoms with E-state index in [9.17, 15) is 9.59 Å². The molecule has 0 aromatic carbocycles. The van der Waals surface area contributed by atoms with Crippen LogP contribution in [0.15, 0.2) is 34.1 Å². The predicted octanol–water partition coefficient (Wildman–Crippen LogP) is 7.36. The fourth-order valence-electron chi connectivity index (χ4n) is 4.80. The highest BCUT2D eigenvalue weighted by atomic mass is 16.5. The molecule has 2 heterocycles. The lowest BCUT2D eigenvalue weighted by molar-refractivity contribution is 0.373. The third kappa shape index (κ3) is 8.40. The second kappa shape index (κ2) is 15.0. The number of aromatic nitrogens is 2. The number of rotatable bonds is 16. The second-order valence-electron chi connectivity index (χ2n) is 9.93. The lowest BCUT2D eigenvalue weighted by Gasteiger charge is -2.22. The first-order valence-corrected chi connectivity index (χ1v) is 14.0. The van der Waals surface area contributed by atoms with Gasteiger partial charge < -0.3 is 13.9 Å². The van der Waals surface area contributed by atoms with Gasteiger partial charge in [-0.3, -0.25) is 9.59 Å². The number of aryl methyl sites for hydroxylation is 2. The molecule has 35 heavy (non-hydrogen) atoms. The van der Waals surface area contributed by atoms with E-state index in [-0.39, 0.29) is 22.4 Å². The van der Waals surface area contributed by atoms with Crippen LogP contribution < -0.4 is 15.6 Å². The molecule has 0 amide bonds. The predicted molar refractivity (Wildman–Crippen MR) is 147 cm³/mol. The summed E-state index contributed by atoms with van der Waals surface area (Å²) in [7, 11) is 0. The molecule has 2 unspecified atom stereocenters. The standard InChI is InChI=1S/C30H48N2O3/c1-7-13-15-23(9-3)19-31-21-29(27(33)17-25(31)11-5)35-30-22-32(26(12-6)18-28(30)34)20-24(10-4)16-14-8-2/h17-18,21-24H,7-16,19-20H2,1-6H3. The van der Waals surface area contributed by atoms with Gasteiger partial charge in [0, 0.05) is 36.6 Å². The van der Waals surface area contributed by atoms with Crippen LogP contribution in [0.4, 0.5) is 0 Å². The normalized spacial score (nSPS) is 13.1. The molecule has 5 nitrogen and oxygen atoms in total. The van der Waals surface area contributed by atoms with Crippen LogP contribution in [0.5, 0.6) is 11.5 Å². The minimum atomic E-state index is -0.167. The Labute approximate surface area is 212 Å². The van der Waals surface area contributed by atoms with E-state index in [0.717, 1.165) is 50.2 Å². The van der Waals surface area contributed by atoms with Gasteiger partial charge in [0.15, 0.2) is 11.5 Å². The van der Waals surface area contributed by atoms with Gasteiger partial charge in [-0.2, -0.15) is 0 Å². The summed E-state index contributed by atoms with van der Waals surface area (Å²) >= 11 is 0. The fourth-order valence-corrected chi connectivity index (χ4v) is 4.80. The molecule has 2 aromatic rings. The van der Waals surface area contributed by atoms with Crippen molar-refractivity contribution in [2.24, 2.45) is 11.8 Å². The quantitative estimate of drug-likeness (QED) is 0.250. The zero-order chi connectivity index (χ0) is 25.8. The van der Waals surface area contributed by atoms with Gasteiger partial charge in [0.2, 0.25) is 10.9 Å². The van der Waals surface area contributed by atoms with E-state index in [0.29, 0.717) is 11.8 Å².